The lowest BCUT2D eigenvalue weighted by molar-refractivity contribution is -0.130. The number of alkyl carbamates (subject to hydrolysis) is 1. The molecule has 2 fully saturated rings. The molecule has 228 valence electrons. The van der Waals surface area contributed by atoms with Gasteiger partial charge in [-0.1, -0.05) is 72.8 Å². The molecule has 3 aromatic carbocycles. The minimum absolute atomic E-state index is 0.0123. The molecular weight excluding hydrogens is 536 g/mol. The van der Waals surface area contributed by atoms with Crippen molar-refractivity contribution in [3.05, 3.63) is 101 Å². The van der Waals surface area contributed by atoms with Gasteiger partial charge in [-0.3, -0.25) is 4.79 Å². The van der Waals surface area contributed by atoms with Gasteiger partial charge >= 0.3 is 6.09 Å². The number of piperazine rings is 1. The van der Waals surface area contributed by atoms with Crippen LogP contribution in [0.15, 0.2) is 78.9 Å². The fourth-order valence-corrected chi connectivity index (χ4v) is 6.32. The van der Waals surface area contributed by atoms with Crippen LogP contribution in [0.25, 0.3) is 0 Å². The van der Waals surface area contributed by atoms with Crippen LogP contribution in [-0.2, 0) is 22.4 Å². The fraction of sp³-hybridized carbons (Fsp3) is 0.444. The van der Waals surface area contributed by atoms with Gasteiger partial charge in [0.2, 0.25) is 5.91 Å². The maximum absolute atomic E-state index is 13.5. The molecule has 1 saturated carbocycles. The van der Waals surface area contributed by atoms with Crippen molar-refractivity contribution < 1.29 is 14.3 Å². The van der Waals surface area contributed by atoms with Crippen molar-refractivity contribution in [3.8, 4) is 0 Å². The third kappa shape index (κ3) is 8.83. The summed E-state index contributed by atoms with van der Waals surface area (Å²) in [5, 5.41) is 6.76. The van der Waals surface area contributed by atoms with Crippen molar-refractivity contribution >= 4 is 17.7 Å². The maximum atomic E-state index is 13.5. The Morgan fingerprint density at radius 1 is 0.814 bits per heavy atom. The smallest absolute Gasteiger partial charge is 0.407 e. The van der Waals surface area contributed by atoms with E-state index in [0.717, 1.165) is 49.9 Å². The van der Waals surface area contributed by atoms with Gasteiger partial charge in [0.25, 0.3) is 0 Å². The number of hydrogen-bond acceptors (Lipinski definition) is 5. The second kappa shape index (κ2) is 15.1. The van der Waals surface area contributed by atoms with Crippen molar-refractivity contribution in [2.45, 2.75) is 70.6 Å². The van der Waals surface area contributed by atoms with Crippen LogP contribution in [-0.4, -0.2) is 67.8 Å². The second-order valence-electron chi connectivity index (χ2n) is 12.1. The first-order valence-corrected chi connectivity index (χ1v) is 15.8. The van der Waals surface area contributed by atoms with Crippen molar-refractivity contribution in [1.82, 2.24) is 15.5 Å². The van der Waals surface area contributed by atoms with Crippen LogP contribution in [0.1, 0.15) is 47.9 Å². The van der Waals surface area contributed by atoms with Crippen LogP contribution in [0, 0.1) is 13.8 Å². The van der Waals surface area contributed by atoms with Crippen molar-refractivity contribution in [2.24, 2.45) is 0 Å². The Labute approximate surface area is 256 Å². The number of nitrogens with zero attached hydrogens (tertiary/aromatic N) is 2. The Hall–Kier alpha value is -3.84. The minimum Gasteiger partial charge on any atom is -0.446 e. The van der Waals surface area contributed by atoms with Gasteiger partial charge in [0, 0.05) is 37.9 Å². The normalized spacial score (nSPS) is 17.0. The number of aryl methyl sites for hydroxylation is 2. The van der Waals surface area contributed by atoms with E-state index in [0.29, 0.717) is 25.9 Å². The number of anilines is 1. The lowest BCUT2D eigenvalue weighted by Gasteiger charge is -2.37. The largest absolute Gasteiger partial charge is 0.446 e. The first kappa shape index (κ1) is 30.6. The molecule has 1 aliphatic heterocycles. The monoisotopic (exact) mass is 582 g/mol. The molecule has 1 aliphatic carbocycles. The highest BCUT2D eigenvalue weighted by Gasteiger charge is 2.29. The highest BCUT2D eigenvalue weighted by molar-refractivity contribution is 5.78. The molecule has 5 rings (SSSR count). The zero-order valence-electron chi connectivity index (χ0n) is 25.6. The van der Waals surface area contributed by atoms with Gasteiger partial charge in [-0.25, -0.2) is 4.79 Å². The van der Waals surface area contributed by atoms with Crippen LogP contribution < -0.4 is 15.5 Å². The van der Waals surface area contributed by atoms with E-state index in [1.807, 2.05) is 41.3 Å². The highest BCUT2D eigenvalue weighted by Crippen LogP contribution is 2.23. The van der Waals surface area contributed by atoms with Gasteiger partial charge in [0.1, 0.15) is 6.10 Å². The van der Waals surface area contributed by atoms with Crippen LogP contribution in [0.4, 0.5) is 10.5 Å². The predicted octanol–water partition coefficient (Wildman–Crippen LogP) is 5.43. The number of hydrogen-bond donors (Lipinski definition) is 2. The Morgan fingerprint density at radius 3 is 2.05 bits per heavy atom. The van der Waals surface area contributed by atoms with Crippen LogP contribution >= 0.6 is 0 Å². The number of amides is 2. The average Bonchev–Trinajstić information content (AvgIpc) is 3.54. The van der Waals surface area contributed by atoms with E-state index in [9.17, 15) is 9.59 Å². The van der Waals surface area contributed by atoms with E-state index in [1.165, 1.54) is 16.8 Å². The Kier molecular flexibility index (Phi) is 10.7. The predicted molar refractivity (Wildman–Crippen MR) is 172 cm³/mol. The minimum atomic E-state index is -0.374. The number of benzene rings is 3. The summed E-state index contributed by atoms with van der Waals surface area (Å²) in [4.78, 5) is 30.9. The molecule has 7 nitrogen and oxygen atoms in total. The van der Waals surface area contributed by atoms with E-state index in [1.54, 1.807) is 0 Å². The molecule has 1 saturated heterocycles. The lowest BCUT2D eigenvalue weighted by atomic mass is 9.94. The molecule has 2 aliphatic rings. The highest BCUT2D eigenvalue weighted by atomic mass is 16.6. The van der Waals surface area contributed by atoms with E-state index in [-0.39, 0.29) is 36.7 Å². The molecule has 3 aromatic rings. The van der Waals surface area contributed by atoms with E-state index < -0.39 is 0 Å². The summed E-state index contributed by atoms with van der Waals surface area (Å²) in [6, 6.07) is 26.6. The first-order chi connectivity index (χ1) is 20.9. The molecule has 0 aromatic heterocycles. The number of ether oxygens (including phenoxy) is 1. The van der Waals surface area contributed by atoms with Gasteiger partial charge in [-0.2, -0.15) is 0 Å². The molecule has 2 atom stereocenters. The van der Waals surface area contributed by atoms with Crippen molar-refractivity contribution in [1.29, 1.82) is 0 Å². The quantitative estimate of drug-likeness (QED) is 0.315. The number of carbonyl (C=O) groups excluding carboxylic acids is 2. The van der Waals surface area contributed by atoms with Crippen LogP contribution in [0.3, 0.4) is 0 Å². The Bertz CT molecular complexity index is 1320. The number of carbonyl (C=O) groups is 2. The van der Waals surface area contributed by atoms with Gasteiger partial charge in [0.15, 0.2) is 0 Å². The zero-order chi connectivity index (χ0) is 30.0. The maximum Gasteiger partial charge on any atom is 0.407 e. The molecule has 0 bridgehead atoms. The van der Waals surface area contributed by atoms with Crippen molar-refractivity contribution in [3.63, 3.8) is 0 Å². The summed E-state index contributed by atoms with van der Waals surface area (Å²) in [5.74, 6) is 0.0886. The second-order valence-corrected chi connectivity index (χ2v) is 12.1. The molecule has 7 heteroatoms. The zero-order valence-corrected chi connectivity index (χ0v) is 25.6. The standard InChI is InChI=1S/C36H46N4O3/c1-27-17-18-28(2)34(23-27)39-19-21-40(22-20-39)35(41)26-37-32(24-29-11-5-3-6-12-29)33(25-30-13-7-4-8-14-30)38-36(42)43-31-15-9-10-16-31/h3-8,11-14,17-18,23,31-33,37H,9-10,15-16,19-22,24-26H2,1-2H3,(H,38,42)/t32-,33-/m0/s1. The van der Waals surface area contributed by atoms with Gasteiger partial charge in [-0.15, -0.1) is 0 Å². The molecule has 0 spiro atoms. The Morgan fingerprint density at radius 2 is 1.42 bits per heavy atom. The third-order valence-electron chi connectivity index (χ3n) is 8.81. The molecular formula is C36H46N4O3. The topological polar surface area (TPSA) is 73.9 Å². The molecule has 2 N–H and O–H groups in total. The summed E-state index contributed by atoms with van der Waals surface area (Å²) in [6.07, 6.45) is 4.98. The lowest BCUT2D eigenvalue weighted by Crippen LogP contribution is -2.56. The summed E-state index contributed by atoms with van der Waals surface area (Å²) >= 11 is 0. The summed E-state index contributed by atoms with van der Waals surface area (Å²) in [5.41, 5.74) is 6.05. The average molecular weight is 583 g/mol. The Balaban J connectivity index is 1.26. The van der Waals surface area contributed by atoms with Crippen molar-refractivity contribution in [2.75, 3.05) is 37.6 Å². The number of nitrogens with one attached hydrogen (secondary N) is 2. The van der Waals surface area contributed by atoms with Gasteiger partial charge < -0.3 is 25.2 Å². The van der Waals surface area contributed by atoms with Gasteiger partial charge in [0.05, 0.1) is 12.6 Å². The first-order valence-electron chi connectivity index (χ1n) is 15.8. The summed E-state index contributed by atoms with van der Waals surface area (Å²) in [7, 11) is 0. The van der Waals surface area contributed by atoms with Crippen LogP contribution in [0.2, 0.25) is 0 Å². The molecule has 0 unspecified atom stereocenters. The SMILES string of the molecule is Cc1ccc(C)c(N2CCN(C(=O)CN[C@@H](Cc3ccccc3)[C@H](Cc3ccccc3)NC(=O)OC3CCCC3)CC2)c1. The third-order valence-corrected chi connectivity index (χ3v) is 8.81. The van der Waals surface area contributed by atoms with Gasteiger partial charge in [-0.05, 0) is 80.7 Å². The van der Waals surface area contributed by atoms with E-state index in [2.05, 4.69) is 71.8 Å². The molecule has 2 amide bonds. The van der Waals surface area contributed by atoms with E-state index >= 15 is 0 Å². The molecule has 0 radical (unpaired) electrons. The fourth-order valence-electron chi connectivity index (χ4n) is 6.32. The molecule has 43 heavy (non-hydrogen) atoms. The van der Waals surface area contributed by atoms with Crippen LogP contribution in [0.5, 0.6) is 0 Å². The van der Waals surface area contributed by atoms with E-state index in [4.69, 9.17) is 4.74 Å². The number of rotatable bonds is 11. The summed E-state index contributed by atoms with van der Waals surface area (Å²) in [6.45, 7) is 7.49. The molecule has 1 heterocycles. The summed E-state index contributed by atoms with van der Waals surface area (Å²) < 4.78 is 5.81.